The van der Waals surface area contributed by atoms with Crippen molar-refractivity contribution in [1.82, 2.24) is 0 Å². The molecule has 0 spiro atoms. The standard InChI is InChI=1S/C21H35NO/c1-3-7-18-8-10-19(11-9-18)20-12-15-21(23-2,16-13-20)14-5-4-6-17-22/h4,6,18-20H,3,5,7-16H2,1-2H3/t18-,19-,20-,21+. The fourth-order valence-electron chi connectivity index (χ4n) is 5.03. The molecule has 0 radical (unpaired) electrons. The highest BCUT2D eigenvalue weighted by Gasteiger charge is 2.37. The number of rotatable bonds is 7. The minimum atomic E-state index is 0.0791. The Balaban J connectivity index is 1.76. The zero-order valence-electron chi connectivity index (χ0n) is 15.2. The summed E-state index contributed by atoms with van der Waals surface area (Å²) in [7, 11) is 1.88. The van der Waals surface area contributed by atoms with Gasteiger partial charge in [-0.25, -0.2) is 0 Å². The quantitative estimate of drug-likeness (QED) is 0.537. The first-order chi connectivity index (χ1) is 11.2. The van der Waals surface area contributed by atoms with Gasteiger partial charge in [0.15, 0.2) is 0 Å². The number of nitrogens with zero attached hydrogens (tertiary/aromatic N) is 1. The van der Waals surface area contributed by atoms with Gasteiger partial charge in [-0.05, 0) is 69.1 Å². The third kappa shape index (κ3) is 5.35. The van der Waals surface area contributed by atoms with Crippen LogP contribution in [-0.2, 0) is 4.74 Å². The summed E-state index contributed by atoms with van der Waals surface area (Å²) in [6.45, 7) is 2.32. The number of hydrogen-bond acceptors (Lipinski definition) is 2. The summed E-state index contributed by atoms with van der Waals surface area (Å²) in [5.41, 5.74) is 0.0791. The van der Waals surface area contributed by atoms with Crippen LogP contribution in [0.3, 0.4) is 0 Å². The van der Waals surface area contributed by atoms with Crippen LogP contribution in [0.15, 0.2) is 12.2 Å². The molecule has 2 nitrogen and oxygen atoms in total. The Morgan fingerprint density at radius 2 is 1.74 bits per heavy atom. The van der Waals surface area contributed by atoms with Gasteiger partial charge in [0.25, 0.3) is 0 Å². The molecule has 0 aromatic heterocycles. The van der Waals surface area contributed by atoms with Crippen molar-refractivity contribution in [2.45, 2.75) is 89.6 Å². The van der Waals surface area contributed by atoms with Crippen LogP contribution < -0.4 is 0 Å². The Bertz CT molecular complexity index is 393. The van der Waals surface area contributed by atoms with Crippen LogP contribution in [0.4, 0.5) is 0 Å². The van der Waals surface area contributed by atoms with Crippen molar-refractivity contribution in [1.29, 1.82) is 5.26 Å². The van der Waals surface area contributed by atoms with Crippen molar-refractivity contribution < 1.29 is 4.74 Å². The molecule has 2 rings (SSSR count). The fourth-order valence-corrected chi connectivity index (χ4v) is 5.03. The van der Waals surface area contributed by atoms with Gasteiger partial charge in [-0.1, -0.05) is 38.7 Å². The maximum absolute atomic E-state index is 8.59. The summed E-state index contributed by atoms with van der Waals surface area (Å²) < 4.78 is 5.93. The zero-order valence-corrected chi connectivity index (χ0v) is 15.2. The molecule has 0 saturated heterocycles. The predicted octanol–water partition coefficient (Wildman–Crippen LogP) is 6.03. The molecule has 0 heterocycles. The second-order valence-corrected chi connectivity index (χ2v) is 7.86. The lowest BCUT2D eigenvalue weighted by Crippen LogP contribution is -2.38. The lowest BCUT2D eigenvalue weighted by atomic mass is 9.67. The summed E-state index contributed by atoms with van der Waals surface area (Å²) in [5.74, 6) is 2.94. The van der Waals surface area contributed by atoms with E-state index < -0.39 is 0 Å². The van der Waals surface area contributed by atoms with E-state index in [2.05, 4.69) is 13.0 Å². The predicted molar refractivity (Wildman–Crippen MR) is 96.0 cm³/mol. The van der Waals surface area contributed by atoms with E-state index in [1.807, 2.05) is 13.2 Å². The van der Waals surface area contributed by atoms with E-state index in [0.29, 0.717) is 0 Å². The van der Waals surface area contributed by atoms with Crippen LogP contribution in [0.1, 0.15) is 84.0 Å². The van der Waals surface area contributed by atoms with E-state index in [1.165, 1.54) is 64.2 Å². The topological polar surface area (TPSA) is 33.0 Å². The summed E-state index contributed by atoms with van der Waals surface area (Å²) in [6.07, 6.45) is 19.4. The van der Waals surface area contributed by atoms with Crippen molar-refractivity contribution in [2.75, 3.05) is 7.11 Å². The molecule has 0 aliphatic heterocycles. The summed E-state index contributed by atoms with van der Waals surface area (Å²) in [4.78, 5) is 0. The number of allylic oxidation sites excluding steroid dienone is 2. The smallest absolute Gasteiger partial charge is 0.0908 e. The van der Waals surface area contributed by atoms with Gasteiger partial charge in [0.2, 0.25) is 0 Å². The van der Waals surface area contributed by atoms with E-state index in [9.17, 15) is 0 Å². The van der Waals surface area contributed by atoms with Crippen molar-refractivity contribution in [2.24, 2.45) is 17.8 Å². The van der Waals surface area contributed by atoms with Crippen molar-refractivity contribution >= 4 is 0 Å². The lowest BCUT2D eigenvalue weighted by Gasteiger charge is -2.43. The first-order valence-corrected chi connectivity index (χ1v) is 9.83. The van der Waals surface area contributed by atoms with Crippen molar-refractivity contribution in [3.8, 4) is 6.07 Å². The first kappa shape index (κ1) is 18.5. The Kier molecular flexibility index (Phi) is 7.63. The SMILES string of the molecule is CCC[C@H]1CC[C@H]([C@H]2CC[C@@](CCC=CC#N)(OC)CC2)CC1. The highest BCUT2D eigenvalue weighted by Crippen LogP contribution is 2.45. The van der Waals surface area contributed by atoms with Crippen LogP contribution in [-0.4, -0.2) is 12.7 Å². The monoisotopic (exact) mass is 317 g/mol. The third-order valence-electron chi connectivity index (χ3n) is 6.59. The van der Waals surface area contributed by atoms with Gasteiger partial charge in [-0.3, -0.25) is 0 Å². The first-order valence-electron chi connectivity index (χ1n) is 9.83. The van der Waals surface area contributed by atoms with E-state index in [4.69, 9.17) is 10.00 Å². The fraction of sp³-hybridized carbons (Fsp3) is 0.857. The largest absolute Gasteiger partial charge is 0.378 e. The average Bonchev–Trinajstić information content (AvgIpc) is 2.60. The molecule has 23 heavy (non-hydrogen) atoms. The normalized spacial score (nSPS) is 35.3. The van der Waals surface area contributed by atoms with Crippen LogP contribution in [0.2, 0.25) is 0 Å². The average molecular weight is 318 g/mol. The maximum Gasteiger partial charge on any atom is 0.0908 e. The van der Waals surface area contributed by atoms with Gasteiger partial charge < -0.3 is 4.74 Å². The van der Waals surface area contributed by atoms with Gasteiger partial charge in [0, 0.05) is 13.2 Å². The van der Waals surface area contributed by atoms with Crippen LogP contribution in [0, 0.1) is 29.1 Å². The summed E-state index contributed by atoms with van der Waals surface area (Å²) >= 11 is 0. The molecule has 0 atom stereocenters. The van der Waals surface area contributed by atoms with Gasteiger partial charge >= 0.3 is 0 Å². The lowest BCUT2D eigenvalue weighted by molar-refractivity contribution is -0.0618. The molecule has 130 valence electrons. The molecule has 2 fully saturated rings. The second-order valence-electron chi connectivity index (χ2n) is 7.86. The molecule has 0 N–H and O–H groups in total. The minimum absolute atomic E-state index is 0.0791. The summed E-state index contributed by atoms with van der Waals surface area (Å²) in [5, 5.41) is 8.59. The molecule has 0 amide bonds. The Labute approximate surface area is 143 Å². The molecule has 2 saturated carbocycles. The summed E-state index contributed by atoms with van der Waals surface area (Å²) in [6, 6.07) is 2.08. The van der Waals surface area contributed by atoms with Crippen LogP contribution >= 0.6 is 0 Å². The number of hydrogen-bond donors (Lipinski definition) is 0. The van der Waals surface area contributed by atoms with Gasteiger partial charge in [0.05, 0.1) is 11.7 Å². The molecule has 2 aliphatic carbocycles. The Morgan fingerprint density at radius 1 is 1.09 bits per heavy atom. The molecule has 2 aliphatic rings. The molecule has 0 aromatic rings. The Hall–Kier alpha value is -0.810. The van der Waals surface area contributed by atoms with E-state index >= 15 is 0 Å². The minimum Gasteiger partial charge on any atom is -0.378 e. The van der Waals surface area contributed by atoms with Gasteiger partial charge in [-0.15, -0.1) is 0 Å². The zero-order chi connectivity index (χ0) is 16.5. The number of methoxy groups -OCH3 is 1. The Morgan fingerprint density at radius 3 is 2.30 bits per heavy atom. The van der Waals surface area contributed by atoms with E-state index in [-0.39, 0.29) is 5.60 Å². The second kappa shape index (κ2) is 9.48. The van der Waals surface area contributed by atoms with Gasteiger partial charge in [-0.2, -0.15) is 5.26 Å². The maximum atomic E-state index is 8.59. The van der Waals surface area contributed by atoms with Crippen molar-refractivity contribution in [3.05, 3.63) is 12.2 Å². The molecule has 2 heteroatoms. The van der Waals surface area contributed by atoms with Crippen LogP contribution in [0.5, 0.6) is 0 Å². The van der Waals surface area contributed by atoms with Crippen molar-refractivity contribution in [3.63, 3.8) is 0 Å². The van der Waals surface area contributed by atoms with Crippen LogP contribution in [0.25, 0.3) is 0 Å². The highest BCUT2D eigenvalue weighted by atomic mass is 16.5. The molecular formula is C21H35NO. The number of ether oxygens (including phenoxy) is 1. The van der Waals surface area contributed by atoms with Gasteiger partial charge in [0.1, 0.15) is 0 Å². The van der Waals surface area contributed by atoms with E-state index in [0.717, 1.165) is 30.6 Å². The third-order valence-corrected chi connectivity index (χ3v) is 6.59. The highest BCUT2D eigenvalue weighted by molar-refractivity contribution is 5.02. The molecule has 0 unspecified atom stereocenters. The van der Waals surface area contributed by atoms with E-state index in [1.54, 1.807) is 6.08 Å². The number of nitriles is 1. The molecule has 0 bridgehead atoms. The molecular weight excluding hydrogens is 282 g/mol. The molecule has 0 aromatic carbocycles.